The van der Waals surface area contributed by atoms with Gasteiger partial charge in [-0.3, -0.25) is 5.41 Å². The molecule has 0 aliphatic heterocycles. The molecule has 0 aliphatic rings. The SMILES string of the molecule is COCCOCCCOCC(C(=N)N)C(F)(F)F. The van der Waals surface area contributed by atoms with Crippen molar-refractivity contribution in [3.63, 3.8) is 0 Å². The minimum atomic E-state index is -4.54. The zero-order chi connectivity index (χ0) is 14.0. The lowest BCUT2D eigenvalue weighted by Gasteiger charge is -2.18. The van der Waals surface area contributed by atoms with Gasteiger partial charge in [-0.1, -0.05) is 0 Å². The summed E-state index contributed by atoms with van der Waals surface area (Å²) in [5.41, 5.74) is 4.86. The highest BCUT2D eigenvalue weighted by atomic mass is 19.4. The Kier molecular flexibility index (Phi) is 8.69. The van der Waals surface area contributed by atoms with E-state index in [4.69, 9.17) is 25.4 Å². The van der Waals surface area contributed by atoms with Crippen molar-refractivity contribution in [1.82, 2.24) is 0 Å². The molecule has 0 saturated carbocycles. The van der Waals surface area contributed by atoms with Gasteiger partial charge in [0, 0.05) is 20.3 Å². The average Bonchev–Trinajstić information content (AvgIpc) is 2.24. The molecule has 0 bridgehead atoms. The number of halogens is 3. The van der Waals surface area contributed by atoms with Gasteiger partial charge in [0.05, 0.1) is 19.8 Å². The fourth-order valence-electron chi connectivity index (χ4n) is 1.07. The number of ether oxygens (including phenoxy) is 3. The van der Waals surface area contributed by atoms with Crippen LogP contribution < -0.4 is 5.73 Å². The lowest BCUT2D eigenvalue weighted by Crippen LogP contribution is -2.38. The Morgan fingerprint density at radius 2 is 1.78 bits per heavy atom. The molecule has 1 unspecified atom stereocenters. The van der Waals surface area contributed by atoms with Crippen LogP contribution in [0.15, 0.2) is 0 Å². The number of hydrogen-bond acceptors (Lipinski definition) is 4. The van der Waals surface area contributed by atoms with Crippen LogP contribution in [0.3, 0.4) is 0 Å². The molecule has 8 heteroatoms. The third kappa shape index (κ3) is 8.26. The van der Waals surface area contributed by atoms with Gasteiger partial charge < -0.3 is 19.9 Å². The molecular weight excluding hydrogens is 253 g/mol. The summed E-state index contributed by atoms with van der Waals surface area (Å²) in [7, 11) is 1.55. The second-order valence-corrected chi connectivity index (χ2v) is 3.58. The first-order valence-corrected chi connectivity index (χ1v) is 5.44. The van der Waals surface area contributed by atoms with Crippen LogP contribution in [0.2, 0.25) is 0 Å². The van der Waals surface area contributed by atoms with Crippen LogP contribution in [-0.4, -0.2) is 52.2 Å². The molecule has 0 amide bonds. The highest BCUT2D eigenvalue weighted by molar-refractivity contribution is 5.80. The van der Waals surface area contributed by atoms with E-state index in [0.29, 0.717) is 26.2 Å². The fourth-order valence-corrected chi connectivity index (χ4v) is 1.07. The lowest BCUT2D eigenvalue weighted by molar-refractivity contribution is -0.168. The largest absolute Gasteiger partial charge is 0.400 e. The van der Waals surface area contributed by atoms with Crippen molar-refractivity contribution < 1.29 is 27.4 Å². The second kappa shape index (κ2) is 9.12. The fraction of sp³-hybridized carbons (Fsp3) is 0.900. The molecule has 0 rings (SSSR count). The zero-order valence-corrected chi connectivity index (χ0v) is 10.3. The van der Waals surface area contributed by atoms with Gasteiger partial charge >= 0.3 is 6.18 Å². The molecule has 18 heavy (non-hydrogen) atoms. The summed E-state index contributed by atoms with van der Waals surface area (Å²) in [6.07, 6.45) is -4.06. The maximum atomic E-state index is 12.3. The highest BCUT2D eigenvalue weighted by Crippen LogP contribution is 2.26. The Hall–Kier alpha value is -0.860. The normalized spacial score (nSPS) is 13.6. The number of nitrogens with two attached hydrogens (primary N) is 1. The zero-order valence-electron chi connectivity index (χ0n) is 10.3. The molecule has 0 spiro atoms. The predicted octanol–water partition coefficient (Wildman–Crippen LogP) is 1.17. The number of hydrogen-bond donors (Lipinski definition) is 2. The van der Waals surface area contributed by atoms with E-state index >= 15 is 0 Å². The highest BCUT2D eigenvalue weighted by Gasteiger charge is 2.41. The molecule has 0 aromatic rings. The Bertz CT molecular complexity index is 237. The quantitative estimate of drug-likeness (QED) is 0.355. The monoisotopic (exact) mass is 272 g/mol. The number of amidine groups is 1. The van der Waals surface area contributed by atoms with Crippen LogP contribution in [0.5, 0.6) is 0 Å². The van der Waals surface area contributed by atoms with E-state index in [9.17, 15) is 13.2 Å². The molecule has 3 N–H and O–H groups in total. The molecule has 0 aromatic carbocycles. The molecule has 0 aliphatic carbocycles. The minimum absolute atomic E-state index is 0.132. The van der Waals surface area contributed by atoms with Crippen molar-refractivity contribution in [2.45, 2.75) is 12.6 Å². The van der Waals surface area contributed by atoms with E-state index in [1.165, 1.54) is 0 Å². The van der Waals surface area contributed by atoms with Crippen molar-refractivity contribution in [2.75, 3.05) is 40.1 Å². The first-order chi connectivity index (χ1) is 8.39. The predicted molar refractivity (Wildman–Crippen MR) is 59.6 cm³/mol. The summed E-state index contributed by atoms with van der Waals surface area (Å²) in [6, 6.07) is 0. The van der Waals surface area contributed by atoms with Gasteiger partial charge in [0.1, 0.15) is 11.8 Å². The van der Waals surface area contributed by atoms with Crippen molar-refractivity contribution in [3.8, 4) is 0 Å². The molecule has 1 atom stereocenters. The van der Waals surface area contributed by atoms with Gasteiger partial charge in [0.2, 0.25) is 0 Å². The summed E-state index contributed by atoms with van der Waals surface area (Å²) in [5, 5.41) is 6.84. The van der Waals surface area contributed by atoms with E-state index in [0.717, 1.165) is 0 Å². The van der Waals surface area contributed by atoms with E-state index in [-0.39, 0.29) is 6.61 Å². The van der Waals surface area contributed by atoms with Crippen molar-refractivity contribution in [1.29, 1.82) is 5.41 Å². The van der Waals surface area contributed by atoms with Crippen LogP contribution in [-0.2, 0) is 14.2 Å². The third-order valence-electron chi connectivity index (χ3n) is 2.06. The topological polar surface area (TPSA) is 77.6 Å². The van der Waals surface area contributed by atoms with Gasteiger partial charge in [0.25, 0.3) is 0 Å². The first kappa shape index (κ1) is 17.1. The second-order valence-electron chi connectivity index (χ2n) is 3.58. The maximum absolute atomic E-state index is 12.3. The summed E-state index contributed by atoms with van der Waals surface area (Å²) in [4.78, 5) is 0. The van der Waals surface area contributed by atoms with Crippen molar-refractivity contribution >= 4 is 5.84 Å². The summed E-state index contributed by atoms with van der Waals surface area (Å²) in [5.74, 6) is -2.97. The van der Waals surface area contributed by atoms with Crippen LogP contribution in [0.25, 0.3) is 0 Å². The number of nitrogens with one attached hydrogen (secondary N) is 1. The summed E-state index contributed by atoms with van der Waals surface area (Å²) < 4.78 is 51.7. The Balaban J connectivity index is 3.60. The molecule has 0 aromatic heterocycles. The molecule has 0 heterocycles. The van der Waals surface area contributed by atoms with Crippen LogP contribution in [0.1, 0.15) is 6.42 Å². The molecule has 0 radical (unpaired) electrons. The van der Waals surface area contributed by atoms with E-state index < -0.39 is 24.5 Å². The summed E-state index contributed by atoms with van der Waals surface area (Å²) in [6.45, 7) is 0.806. The van der Waals surface area contributed by atoms with Crippen molar-refractivity contribution in [3.05, 3.63) is 0 Å². The first-order valence-electron chi connectivity index (χ1n) is 5.44. The van der Waals surface area contributed by atoms with Gasteiger partial charge in [-0.25, -0.2) is 0 Å². The Labute approximate surface area is 104 Å². The van der Waals surface area contributed by atoms with Gasteiger partial charge in [-0.2, -0.15) is 13.2 Å². The minimum Gasteiger partial charge on any atom is -0.387 e. The Morgan fingerprint density at radius 1 is 1.17 bits per heavy atom. The number of rotatable bonds is 10. The van der Waals surface area contributed by atoms with E-state index in [1.54, 1.807) is 7.11 Å². The van der Waals surface area contributed by atoms with E-state index in [2.05, 4.69) is 0 Å². The van der Waals surface area contributed by atoms with Crippen molar-refractivity contribution in [2.24, 2.45) is 11.7 Å². The smallest absolute Gasteiger partial charge is 0.387 e. The number of methoxy groups -OCH3 is 1. The average molecular weight is 272 g/mol. The van der Waals surface area contributed by atoms with E-state index in [1.807, 2.05) is 0 Å². The van der Waals surface area contributed by atoms with Crippen LogP contribution in [0, 0.1) is 11.3 Å². The molecule has 5 nitrogen and oxygen atoms in total. The number of alkyl halides is 3. The van der Waals surface area contributed by atoms with Gasteiger partial charge in [0.15, 0.2) is 0 Å². The van der Waals surface area contributed by atoms with Gasteiger partial charge in [-0.15, -0.1) is 0 Å². The Morgan fingerprint density at radius 3 is 2.28 bits per heavy atom. The standard InChI is InChI=1S/C10H19F3N2O3/c1-16-5-6-17-3-2-4-18-7-8(9(14)15)10(11,12)13/h8H,2-7H2,1H3,(H3,14,15). The van der Waals surface area contributed by atoms with Gasteiger partial charge in [-0.05, 0) is 6.42 Å². The lowest BCUT2D eigenvalue weighted by atomic mass is 10.1. The van der Waals surface area contributed by atoms with Crippen LogP contribution in [0.4, 0.5) is 13.2 Å². The third-order valence-corrected chi connectivity index (χ3v) is 2.06. The molecule has 108 valence electrons. The molecule has 0 fully saturated rings. The molecule has 0 saturated heterocycles. The van der Waals surface area contributed by atoms with Crippen LogP contribution >= 0.6 is 0 Å². The maximum Gasteiger partial charge on any atom is 0.400 e. The summed E-state index contributed by atoms with van der Waals surface area (Å²) >= 11 is 0. The molecular formula is C10H19F3N2O3.